The van der Waals surface area contributed by atoms with Gasteiger partial charge in [0.15, 0.2) is 0 Å². The lowest BCUT2D eigenvalue weighted by Gasteiger charge is -2.22. The fourth-order valence-electron chi connectivity index (χ4n) is 1.88. The van der Waals surface area contributed by atoms with Gasteiger partial charge in [0.1, 0.15) is 18.0 Å². The summed E-state index contributed by atoms with van der Waals surface area (Å²) >= 11 is 0. The maximum Gasteiger partial charge on any atom is 0.221 e. The molecular weight excluding hydrogens is 220 g/mol. The molecule has 2 heterocycles. The average Bonchev–Trinajstić information content (AvgIpc) is 2.54. The molecular formula is C10H16N6O. The van der Waals surface area contributed by atoms with Crippen molar-refractivity contribution < 1.29 is 4.79 Å². The molecule has 1 aromatic rings. The van der Waals surface area contributed by atoms with Gasteiger partial charge in [0.25, 0.3) is 0 Å². The summed E-state index contributed by atoms with van der Waals surface area (Å²) < 4.78 is 0. The number of aromatic nitrogens is 2. The fourth-order valence-corrected chi connectivity index (χ4v) is 1.88. The van der Waals surface area contributed by atoms with E-state index in [9.17, 15) is 4.79 Å². The predicted octanol–water partition coefficient (Wildman–Crippen LogP) is -0.603. The summed E-state index contributed by atoms with van der Waals surface area (Å²) in [4.78, 5) is 21.6. The van der Waals surface area contributed by atoms with E-state index in [1.807, 2.05) is 6.92 Å². The van der Waals surface area contributed by atoms with E-state index in [4.69, 9.17) is 5.84 Å². The number of amides is 1. The Hall–Kier alpha value is -1.89. The molecule has 2 rings (SSSR count). The van der Waals surface area contributed by atoms with Crippen LogP contribution in [0.3, 0.4) is 0 Å². The third-order valence-corrected chi connectivity index (χ3v) is 2.81. The molecule has 92 valence electrons. The number of nitrogens with one attached hydrogen (secondary N) is 2. The summed E-state index contributed by atoms with van der Waals surface area (Å²) in [7, 11) is 0. The van der Waals surface area contributed by atoms with E-state index >= 15 is 0 Å². The highest BCUT2D eigenvalue weighted by molar-refractivity contribution is 5.77. The molecule has 4 N–H and O–H groups in total. The number of nitrogens with zero attached hydrogens (tertiary/aromatic N) is 3. The molecule has 1 amide bonds. The van der Waals surface area contributed by atoms with Gasteiger partial charge in [-0.2, -0.15) is 0 Å². The van der Waals surface area contributed by atoms with Crippen LogP contribution in [0.2, 0.25) is 0 Å². The van der Waals surface area contributed by atoms with Crippen LogP contribution in [0.5, 0.6) is 0 Å². The normalized spacial score (nSPS) is 16.4. The van der Waals surface area contributed by atoms with Gasteiger partial charge in [-0.15, -0.1) is 0 Å². The SMILES string of the molecule is Cc1c(NN)ncnc1N1CCNC(=O)CC1. The lowest BCUT2D eigenvalue weighted by Crippen LogP contribution is -2.30. The second-order valence-electron chi connectivity index (χ2n) is 3.90. The Balaban J connectivity index is 2.24. The zero-order chi connectivity index (χ0) is 12.3. The summed E-state index contributed by atoms with van der Waals surface area (Å²) in [5.41, 5.74) is 3.43. The zero-order valence-corrected chi connectivity index (χ0v) is 9.73. The van der Waals surface area contributed by atoms with Crippen LogP contribution < -0.4 is 21.5 Å². The molecule has 1 aliphatic heterocycles. The topological polar surface area (TPSA) is 96.2 Å². The number of carbonyl (C=O) groups excluding carboxylic acids is 1. The van der Waals surface area contributed by atoms with Crippen LogP contribution in [0.25, 0.3) is 0 Å². The van der Waals surface area contributed by atoms with Gasteiger partial charge in [0.2, 0.25) is 5.91 Å². The maximum absolute atomic E-state index is 11.3. The molecule has 7 nitrogen and oxygen atoms in total. The van der Waals surface area contributed by atoms with Crippen LogP contribution in [-0.2, 0) is 4.79 Å². The second kappa shape index (κ2) is 4.96. The Kier molecular flexibility index (Phi) is 3.38. The molecule has 0 saturated carbocycles. The van der Waals surface area contributed by atoms with Gasteiger partial charge in [-0.1, -0.05) is 0 Å². The van der Waals surface area contributed by atoms with Gasteiger partial charge in [-0.05, 0) is 6.92 Å². The van der Waals surface area contributed by atoms with Crippen LogP contribution in [0.4, 0.5) is 11.6 Å². The van der Waals surface area contributed by atoms with Crippen molar-refractivity contribution >= 4 is 17.5 Å². The lowest BCUT2D eigenvalue weighted by atomic mass is 10.2. The molecule has 1 fully saturated rings. The summed E-state index contributed by atoms with van der Waals surface area (Å²) in [6.07, 6.45) is 1.95. The molecule has 0 unspecified atom stereocenters. The third kappa shape index (κ3) is 2.44. The molecule has 0 radical (unpaired) electrons. The van der Waals surface area contributed by atoms with Crippen LogP contribution >= 0.6 is 0 Å². The second-order valence-corrected chi connectivity index (χ2v) is 3.90. The molecule has 1 aliphatic rings. The largest absolute Gasteiger partial charge is 0.354 e. The molecule has 0 bridgehead atoms. The highest BCUT2D eigenvalue weighted by Gasteiger charge is 2.17. The Morgan fingerprint density at radius 3 is 3.06 bits per heavy atom. The molecule has 1 aromatic heterocycles. The Labute approximate surface area is 99.4 Å². The molecule has 0 atom stereocenters. The molecule has 7 heteroatoms. The van der Waals surface area contributed by atoms with E-state index < -0.39 is 0 Å². The Morgan fingerprint density at radius 2 is 2.29 bits per heavy atom. The molecule has 0 aliphatic carbocycles. The van der Waals surface area contributed by atoms with Crippen molar-refractivity contribution in [2.75, 3.05) is 30.0 Å². The number of anilines is 2. The van der Waals surface area contributed by atoms with Crippen LogP contribution in [0, 0.1) is 6.92 Å². The minimum absolute atomic E-state index is 0.0800. The number of hydrogen-bond acceptors (Lipinski definition) is 6. The van der Waals surface area contributed by atoms with Crippen molar-refractivity contribution in [3.63, 3.8) is 0 Å². The minimum Gasteiger partial charge on any atom is -0.354 e. The Bertz CT molecular complexity index is 421. The molecule has 1 saturated heterocycles. The highest BCUT2D eigenvalue weighted by Crippen LogP contribution is 2.21. The van der Waals surface area contributed by atoms with Crippen molar-refractivity contribution in [1.82, 2.24) is 15.3 Å². The number of nitrogens with two attached hydrogens (primary N) is 1. The van der Waals surface area contributed by atoms with Crippen molar-refractivity contribution in [3.05, 3.63) is 11.9 Å². The highest BCUT2D eigenvalue weighted by atomic mass is 16.1. The van der Waals surface area contributed by atoms with Gasteiger partial charge in [0, 0.05) is 31.6 Å². The smallest absolute Gasteiger partial charge is 0.221 e. The van der Waals surface area contributed by atoms with E-state index in [0.717, 1.165) is 17.9 Å². The molecule has 0 spiro atoms. The van der Waals surface area contributed by atoms with E-state index in [2.05, 4.69) is 25.6 Å². The van der Waals surface area contributed by atoms with Crippen molar-refractivity contribution in [2.45, 2.75) is 13.3 Å². The number of rotatable bonds is 2. The minimum atomic E-state index is 0.0800. The van der Waals surface area contributed by atoms with Crippen molar-refractivity contribution in [2.24, 2.45) is 5.84 Å². The maximum atomic E-state index is 11.3. The molecule has 17 heavy (non-hydrogen) atoms. The monoisotopic (exact) mass is 236 g/mol. The quantitative estimate of drug-likeness (QED) is 0.468. The van der Waals surface area contributed by atoms with Crippen molar-refractivity contribution in [3.8, 4) is 0 Å². The number of nitrogen functional groups attached to an aromatic ring is 1. The number of hydrogen-bond donors (Lipinski definition) is 3. The van der Waals surface area contributed by atoms with Gasteiger partial charge < -0.3 is 15.6 Å². The van der Waals surface area contributed by atoms with Gasteiger partial charge >= 0.3 is 0 Å². The first-order valence-corrected chi connectivity index (χ1v) is 5.52. The van der Waals surface area contributed by atoms with Gasteiger partial charge in [-0.3, -0.25) is 4.79 Å². The third-order valence-electron chi connectivity index (χ3n) is 2.81. The van der Waals surface area contributed by atoms with E-state index in [-0.39, 0.29) is 5.91 Å². The van der Waals surface area contributed by atoms with Crippen LogP contribution in [-0.4, -0.2) is 35.5 Å². The molecule has 0 aromatic carbocycles. The number of hydrazine groups is 1. The van der Waals surface area contributed by atoms with Crippen LogP contribution in [0.1, 0.15) is 12.0 Å². The fraction of sp³-hybridized carbons (Fsp3) is 0.500. The summed E-state index contributed by atoms with van der Waals surface area (Å²) in [6, 6.07) is 0. The summed E-state index contributed by atoms with van der Waals surface area (Å²) in [6.45, 7) is 3.94. The first-order chi connectivity index (χ1) is 8.22. The van der Waals surface area contributed by atoms with E-state index in [1.54, 1.807) is 0 Å². The summed E-state index contributed by atoms with van der Waals surface area (Å²) in [5, 5.41) is 2.83. The average molecular weight is 236 g/mol. The standard InChI is InChI=1S/C10H16N6O/c1-7-9(15-11)13-6-14-10(7)16-4-2-8(17)12-3-5-16/h6H,2-5,11H2,1H3,(H,12,17)(H,13,14,15). The number of carbonyl (C=O) groups is 1. The summed E-state index contributed by atoms with van der Waals surface area (Å²) in [5.74, 6) is 6.89. The lowest BCUT2D eigenvalue weighted by molar-refractivity contribution is -0.120. The van der Waals surface area contributed by atoms with Gasteiger partial charge in [-0.25, -0.2) is 15.8 Å². The van der Waals surface area contributed by atoms with Crippen LogP contribution in [0.15, 0.2) is 6.33 Å². The predicted molar refractivity (Wildman–Crippen MR) is 64.4 cm³/mol. The zero-order valence-electron chi connectivity index (χ0n) is 9.73. The first kappa shape index (κ1) is 11.6. The first-order valence-electron chi connectivity index (χ1n) is 5.52. The van der Waals surface area contributed by atoms with E-state index in [0.29, 0.717) is 25.3 Å². The van der Waals surface area contributed by atoms with Crippen molar-refractivity contribution in [1.29, 1.82) is 0 Å². The van der Waals surface area contributed by atoms with E-state index in [1.165, 1.54) is 6.33 Å². The van der Waals surface area contributed by atoms with Gasteiger partial charge in [0.05, 0.1) is 0 Å². The Morgan fingerprint density at radius 1 is 1.47 bits per heavy atom.